The summed E-state index contributed by atoms with van der Waals surface area (Å²) < 4.78 is 5.85. The zero-order valence-electron chi connectivity index (χ0n) is 11.3. The van der Waals surface area contributed by atoms with E-state index in [2.05, 4.69) is 0 Å². The lowest BCUT2D eigenvalue weighted by atomic mass is 10.1. The topological polar surface area (TPSA) is 75.8 Å². The highest BCUT2D eigenvalue weighted by atomic mass is 16.5. The maximum atomic E-state index is 11.4. The van der Waals surface area contributed by atoms with E-state index in [0.717, 1.165) is 6.42 Å². The van der Waals surface area contributed by atoms with Crippen LogP contribution >= 0.6 is 0 Å². The van der Waals surface area contributed by atoms with Gasteiger partial charge in [0.1, 0.15) is 23.6 Å². The van der Waals surface area contributed by atoms with Crippen LogP contribution in [-0.2, 0) is 4.79 Å². The monoisotopic (exact) mass is 264 g/mol. The minimum absolute atomic E-state index is 0.00250. The zero-order chi connectivity index (χ0) is 14.0. The van der Waals surface area contributed by atoms with E-state index in [1.54, 1.807) is 6.07 Å². The van der Waals surface area contributed by atoms with Crippen molar-refractivity contribution < 1.29 is 14.6 Å². The van der Waals surface area contributed by atoms with E-state index in [1.807, 2.05) is 30.9 Å². The summed E-state index contributed by atoms with van der Waals surface area (Å²) in [7, 11) is 0. The van der Waals surface area contributed by atoms with Crippen LogP contribution in [0, 0.1) is 0 Å². The van der Waals surface area contributed by atoms with Crippen molar-refractivity contribution in [1.29, 1.82) is 0 Å². The first-order valence-corrected chi connectivity index (χ1v) is 6.63. The average molecular weight is 264 g/mol. The van der Waals surface area contributed by atoms with Gasteiger partial charge in [0.2, 0.25) is 0 Å². The molecule has 0 spiro atoms. The number of para-hydroxylation sites is 1. The molecule has 0 aromatic heterocycles. The van der Waals surface area contributed by atoms with Crippen molar-refractivity contribution in [3.05, 3.63) is 18.2 Å². The van der Waals surface area contributed by atoms with E-state index < -0.39 is 12.0 Å². The normalized spacial score (nSPS) is 19.5. The molecule has 0 amide bonds. The second-order valence-corrected chi connectivity index (χ2v) is 4.76. The predicted molar refractivity (Wildman–Crippen MR) is 74.6 cm³/mol. The van der Waals surface area contributed by atoms with Crippen molar-refractivity contribution in [1.82, 2.24) is 0 Å². The van der Waals surface area contributed by atoms with Gasteiger partial charge in [-0.2, -0.15) is 0 Å². The number of aliphatic carboxylic acids is 1. The summed E-state index contributed by atoms with van der Waals surface area (Å²) in [4.78, 5) is 13.3. The van der Waals surface area contributed by atoms with Crippen molar-refractivity contribution in [2.75, 3.05) is 17.2 Å². The average Bonchev–Trinajstić information content (AvgIpc) is 2.38. The number of carbonyl (C=O) groups is 1. The molecule has 1 heterocycles. The smallest absolute Gasteiger partial charge is 0.326 e. The van der Waals surface area contributed by atoms with Crippen LogP contribution in [-0.4, -0.2) is 29.8 Å². The van der Waals surface area contributed by atoms with Gasteiger partial charge in [-0.1, -0.05) is 19.9 Å². The lowest BCUT2D eigenvalue weighted by molar-refractivity contribution is -0.138. The van der Waals surface area contributed by atoms with E-state index >= 15 is 0 Å². The van der Waals surface area contributed by atoms with Crippen LogP contribution < -0.4 is 15.4 Å². The first-order valence-electron chi connectivity index (χ1n) is 6.63. The fourth-order valence-electron chi connectivity index (χ4n) is 2.49. The molecule has 1 aliphatic rings. The van der Waals surface area contributed by atoms with Gasteiger partial charge in [0.25, 0.3) is 0 Å². The molecule has 3 N–H and O–H groups in total. The molecular formula is C14H20N2O3. The molecule has 5 nitrogen and oxygen atoms in total. The molecule has 1 aromatic carbocycles. The highest BCUT2D eigenvalue weighted by Crippen LogP contribution is 2.40. The SMILES string of the molecule is CCC1CN(C(CC)C(=O)O)c2c(N)cccc2O1. The zero-order valence-corrected chi connectivity index (χ0v) is 11.3. The Bertz CT molecular complexity index is 476. The molecule has 104 valence electrons. The van der Waals surface area contributed by atoms with Gasteiger partial charge in [0.05, 0.1) is 12.2 Å². The highest BCUT2D eigenvalue weighted by Gasteiger charge is 2.33. The minimum atomic E-state index is -0.826. The second-order valence-electron chi connectivity index (χ2n) is 4.76. The Kier molecular flexibility index (Phi) is 3.83. The molecule has 0 radical (unpaired) electrons. The Balaban J connectivity index is 2.46. The van der Waals surface area contributed by atoms with Crippen molar-refractivity contribution in [2.24, 2.45) is 0 Å². The molecule has 1 aliphatic heterocycles. The lowest BCUT2D eigenvalue weighted by Crippen LogP contribution is -2.49. The Morgan fingerprint density at radius 3 is 2.89 bits per heavy atom. The van der Waals surface area contributed by atoms with Gasteiger partial charge in [0, 0.05) is 0 Å². The van der Waals surface area contributed by atoms with Crippen molar-refractivity contribution in [2.45, 2.75) is 38.8 Å². The van der Waals surface area contributed by atoms with E-state index in [4.69, 9.17) is 10.5 Å². The van der Waals surface area contributed by atoms with Crippen LogP contribution in [0.15, 0.2) is 18.2 Å². The van der Waals surface area contributed by atoms with Gasteiger partial charge in [-0.15, -0.1) is 0 Å². The lowest BCUT2D eigenvalue weighted by Gasteiger charge is -2.39. The Morgan fingerprint density at radius 1 is 1.58 bits per heavy atom. The van der Waals surface area contributed by atoms with Gasteiger partial charge < -0.3 is 20.5 Å². The molecule has 2 rings (SSSR count). The Labute approximate surface area is 113 Å². The van der Waals surface area contributed by atoms with Gasteiger partial charge in [0.15, 0.2) is 0 Å². The molecule has 0 fully saturated rings. The number of carboxylic acid groups (broad SMARTS) is 1. The van der Waals surface area contributed by atoms with Crippen LogP contribution in [0.4, 0.5) is 11.4 Å². The maximum absolute atomic E-state index is 11.4. The summed E-state index contributed by atoms with van der Waals surface area (Å²) in [6, 6.07) is 4.87. The van der Waals surface area contributed by atoms with E-state index in [0.29, 0.717) is 30.1 Å². The Hall–Kier alpha value is -1.91. The molecule has 2 unspecified atom stereocenters. The summed E-state index contributed by atoms with van der Waals surface area (Å²) in [5.41, 5.74) is 7.27. The molecule has 5 heteroatoms. The Morgan fingerprint density at radius 2 is 2.32 bits per heavy atom. The number of hydrogen-bond donors (Lipinski definition) is 2. The summed E-state index contributed by atoms with van der Waals surface area (Å²) in [5, 5.41) is 9.38. The fourth-order valence-corrected chi connectivity index (χ4v) is 2.49. The minimum Gasteiger partial charge on any atom is -0.486 e. The number of nitrogens with two attached hydrogens (primary N) is 1. The van der Waals surface area contributed by atoms with Gasteiger partial charge in [-0.05, 0) is 25.0 Å². The number of hydrogen-bond acceptors (Lipinski definition) is 4. The first kappa shape index (κ1) is 13.5. The van der Waals surface area contributed by atoms with Crippen LogP contribution in [0.25, 0.3) is 0 Å². The highest BCUT2D eigenvalue weighted by molar-refractivity contribution is 5.84. The number of ether oxygens (including phenoxy) is 1. The van der Waals surface area contributed by atoms with E-state index in [9.17, 15) is 9.90 Å². The number of carboxylic acids is 1. The van der Waals surface area contributed by atoms with Crippen LogP contribution in [0.2, 0.25) is 0 Å². The van der Waals surface area contributed by atoms with Gasteiger partial charge in [-0.3, -0.25) is 0 Å². The molecule has 0 saturated heterocycles. The third kappa shape index (κ3) is 2.45. The summed E-state index contributed by atoms with van der Waals surface area (Å²) in [6.07, 6.45) is 1.36. The van der Waals surface area contributed by atoms with Gasteiger partial charge in [-0.25, -0.2) is 4.79 Å². The third-order valence-electron chi connectivity index (χ3n) is 3.51. The quantitative estimate of drug-likeness (QED) is 0.815. The van der Waals surface area contributed by atoms with E-state index in [1.165, 1.54) is 0 Å². The summed E-state index contributed by atoms with van der Waals surface area (Å²) >= 11 is 0. The standard InChI is InChI=1S/C14H20N2O3/c1-3-9-8-16(11(4-2)14(17)18)13-10(15)6-5-7-12(13)19-9/h5-7,9,11H,3-4,8,15H2,1-2H3,(H,17,18). The number of anilines is 2. The largest absolute Gasteiger partial charge is 0.486 e. The molecule has 19 heavy (non-hydrogen) atoms. The van der Waals surface area contributed by atoms with Crippen LogP contribution in [0.1, 0.15) is 26.7 Å². The third-order valence-corrected chi connectivity index (χ3v) is 3.51. The summed E-state index contributed by atoms with van der Waals surface area (Å²) in [6.45, 7) is 4.46. The maximum Gasteiger partial charge on any atom is 0.326 e. The number of fused-ring (bicyclic) bond motifs is 1. The van der Waals surface area contributed by atoms with Crippen molar-refractivity contribution >= 4 is 17.3 Å². The van der Waals surface area contributed by atoms with Gasteiger partial charge >= 0.3 is 5.97 Å². The second kappa shape index (κ2) is 5.38. The molecule has 0 saturated carbocycles. The van der Waals surface area contributed by atoms with E-state index in [-0.39, 0.29) is 6.10 Å². The molecule has 2 atom stereocenters. The first-order chi connectivity index (χ1) is 9.08. The molecule has 0 bridgehead atoms. The van der Waals surface area contributed by atoms with Crippen LogP contribution in [0.5, 0.6) is 5.75 Å². The number of nitrogens with zero attached hydrogens (tertiary/aromatic N) is 1. The predicted octanol–water partition coefficient (Wildman–Crippen LogP) is 2.11. The fraction of sp³-hybridized carbons (Fsp3) is 0.500. The number of nitrogen functional groups attached to an aromatic ring is 1. The number of benzene rings is 1. The molecule has 0 aliphatic carbocycles. The van der Waals surface area contributed by atoms with Crippen molar-refractivity contribution in [3.63, 3.8) is 0 Å². The molecular weight excluding hydrogens is 244 g/mol. The van der Waals surface area contributed by atoms with Crippen LogP contribution in [0.3, 0.4) is 0 Å². The van der Waals surface area contributed by atoms with Crippen molar-refractivity contribution in [3.8, 4) is 5.75 Å². The number of rotatable bonds is 4. The summed E-state index contributed by atoms with van der Waals surface area (Å²) in [5.74, 6) is -0.147. The molecule has 1 aromatic rings.